The molecule has 1 heterocycles. The Morgan fingerprint density at radius 2 is 1.97 bits per heavy atom. The molecule has 3 aliphatic rings. The van der Waals surface area contributed by atoms with Crippen LogP contribution in [-0.2, 0) is 19.9 Å². The average molecular weight is 501 g/mol. The first-order chi connectivity index (χ1) is 16.4. The van der Waals surface area contributed by atoms with Crippen LogP contribution in [0.4, 0.5) is 4.79 Å². The van der Waals surface area contributed by atoms with Gasteiger partial charge >= 0.3 is 6.09 Å². The van der Waals surface area contributed by atoms with E-state index in [1.165, 1.54) is 0 Å². The van der Waals surface area contributed by atoms with E-state index >= 15 is 0 Å². The lowest BCUT2D eigenvalue weighted by Gasteiger charge is -2.28. The van der Waals surface area contributed by atoms with Gasteiger partial charge in [-0.1, -0.05) is 44.5 Å². The number of hydrogen-bond donors (Lipinski definition) is 3. The van der Waals surface area contributed by atoms with E-state index in [-0.39, 0.29) is 29.2 Å². The Morgan fingerprint density at radius 3 is 2.51 bits per heavy atom. The van der Waals surface area contributed by atoms with Crippen molar-refractivity contribution >= 4 is 29.5 Å². The van der Waals surface area contributed by atoms with Crippen LogP contribution in [0.3, 0.4) is 0 Å². The quantitative estimate of drug-likeness (QED) is 0.499. The number of ether oxygens (including phenoxy) is 1. The molecule has 1 spiro atoms. The highest BCUT2D eigenvalue weighted by molar-refractivity contribution is 6.30. The van der Waals surface area contributed by atoms with Gasteiger partial charge in [0.2, 0.25) is 11.8 Å². The highest BCUT2D eigenvalue weighted by Crippen LogP contribution is 2.50. The number of hydrogen-bond acceptors (Lipinski definition) is 5. The van der Waals surface area contributed by atoms with Gasteiger partial charge in [0.25, 0.3) is 0 Å². The summed E-state index contributed by atoms with van der Waals surface area (Å²) < 4.78 is 5.76. The molecule has 0 radical (unpaired) electrons. The van der Waals surface area contributed by atoms with E-state index in [0.29, 0.717) is 30.7 Å². The van der Waals surface area contributed by atoms with E-state index in [4.69, 9.17) is 16.3 Å². The third kappa shape index (κ3) is 6.26. The van der Waals surface area contributed by atoms with Crippen molar-refractivity contribution in [3.63, 3.8) is 0 Å². The van der Waals surface area contributed by atoms with Gasteiger partial charge in [-0.05, 0) is 68.1 Å². The lowest BCUT2D eigenvalue weighted by atomic mass is 9.87. The predicted molar refractivity (Wildman–Crippen MR) is 130 cm³/mol. The van der Waals surface area contributed by atoms with Crippen molar-refractivity contribution < 1.29 is 19.1 Å². The number of alkyl carbamates (subject to hydrolysis) is 1. The molecule has 0 unspecified atom stereocenters. The second kappa shape index (κ2) is 9.34. The lowest BCUT2D eigenvalue weighted by molar-refractivity contribution is -0.125. The molecule has 3 atom stereocenters. The molecule has 35 heavy (non-hydrogen) atoms. The zero-order valence-corrected chi connectivity index (χ0v) is 21.2. The van der Waals surface area contributed by atoms with E-state index in [2.05, 4.69) is 22.0 Å². The molecule has 4 rings (SSSR count). The summed E-state index contributed by atoms with van der Waals surface area (Å²) in [6, 6.07) is 7.61. The van der Waals surface area contributed by atoms with Crippen molar-refractivity contribution in [3.8, 4) is 6.07 Å². The smallest absolute Gasteiger partial charge is 0.408 e. The third-order valence-corrected chi connectivity index (χ3v) is 7.25. The van der Waals surface area contributed by atoms with Crippen molar-refractivity contribution in [2.75, 3.05) is 0 Å². The van der Waals surface area contributed by atoms with Crippen LogP contribution in [0.1, 0.15) is 71.3 Å². The number of nitrogens with zero attached hydrogens (tertiary/aromatic N) is 1. The van der Waals surface area contributed by atoms with Crippen molar-refractivity contribution in [2.45, 2.75) is 88.9 Å². The summed E-state index contributed by atoms with van der Waals surface area (Å²) in [4.78, 5) is 38.3. The second-order valence-electron chi connectivity index (χ2n) is 11.5. The second-order valence-corrected chi connectivity index (χ2v) is 11.9. The number of carbonyl (C=O) groups is 3. The number of amides is 3. The third-order valence-electron chi connectivity index (χ3n) is 7.01. The maximum atomic E-state index is 13.2. The van der Waals surface area contributed by atoms with Gasteiger partial charge in [-0.25, -0.2) is 4.79 Å². The number of nitrogens with one attached hydrogen (secondary N) is 3. The minimum absolute atomic E-state index is 0.0549. The Kier molecular flexibility index (Phi) is 6.76. The van der Waals surface area contributed by atoms with Gasteiger partial charge in [-0.2, -0.15) is 5.26 Å². The van der Waals surface area contributed by atoms with Crippen LogP contribution in [0.5, 0.6) is 0 Å². The molecule has 9 heteroatoms. The van der Waals surface area contributed by atoms with Crippen molar-refractivity contribution in [1.29, 1.82) is 5.26 Å². The monoisotopic (exact) mass is 500 g/mol. The molecular weight excluding hydrogens is 468 g/mol. The van der Waals surface area contributed by atoms with Crippen molar-refractivity contribution in [3.05, 3.63) is 34.9 Å². The molecule has 3 amide bonds. The van der Waals surface area contributed by atoms with Crippen molar-refractivity contribution in [2.24, 2.45) is 11.3 Å². The van der Waals surface area contributed by atoms with Crippen molar-refractivity contribution in [1.82, 2.24) is 16.0 Å². The minimum atomic E-state index is -0.888. The molecule has 1 aromatic carbocycles. The van der Waals surface area contributed by atoms with Crippen LogP contribution in [-0.4, -0.2) is 35.5 Å². The standard InChI is InChI=1S/C26H33ClN4O4/c1-24(2,3)14-20(30-23(34)35-26(9-10-26)17-5-4-6-18(27)12-17)22(33)29-19(15-28)11-16-13-25(7-8-25)31-21(16)32/h4-6,12,16,19-20H,7-11,13-14H2,1-3H3,(H,29,33)(H,30,34)(H,31,32)/t16-,19+,20+/m1/s1. The van der Waals surface area contributed by atoms with Crippen LogP contribution in [0.25, 0.3) is 0 Å². The number of benzene rings is 1. The highest BCUT2D eigenvalue weighted by atomic mass is 35.5. The first kappa shape index (κ1) is 25.3. The number of nitriles is 1. The molecule has 1 aromatic rings. The summed E-state index contributed by atoms with van der Waals surface area (Å²) in [7, 11) is 0. The van der Waals surface area contributed by atoms with E-state index in [0.717, 1.165) is 18.4 Å². The van der Waals surface area contributed by atoms with E-state index < -0.39 is 29.7 Å². The van der Waals surface area contributed by atoms with Crippen LogP contribution in [0, 0.1) is 22.7 Å². The van der Waals surface area contributed by atoms with Gasteiger partial charge in [-0.15, -0.1) is 0 Å². The Morgan fingerprint density at radius 1 is 1.26 bits per heavy atom. The van der Waals surface area contributed by atoms with Crippen LogP contribution >= 0.6 is 11.6 Å². The minimum Gasteiger partial charge on any atom is -0.438 e. The Bertz CT molecular complexity index is 1050. The summed E-state index contributed by atoms with van der Waals surface area (Å²) >= 11 is 6.10. The zero-order chi connectivity index (χ0) is 25.4. The largest absolute Gasteiger partial charge is 0.438 e. The normalized spacial score (nSPS) is 22.9. The fourth-order valence-electron chi connectivity index (χ4n) is 4.86. The topological polar surface area (TPSA) is 120 Å². The number of halogens is 1. The number of carbonyl (C=O) groups excluding carboxylic acids is 3. The molecule has 2 aliphatic carbocycles. The molecular formula is C26H33ClN4O4. The molecule has 3 N–H and O–H groups in total. The lowest BCUT2D eigenvalue weighted by Crippen LogP contribution is -2.51. The molecule has 1 aliphatic heterocycles. The summed E-state index contributed by atoms with van der Waals surface area (Å²) in [6.45, 7) is 5.90. The molecule has 0 bridgehead atoms. The molecule has 1 saturated heterocycles. The Hall–Kier alpha value is -2.79. The number of rotatable bonds is 8. The van der Waals surface area contributed by atoms with Crippen LogP contribution in [0.15, 0.2) is 24.3 Å². The van der Waals surface area contributed by atoms with E-state index in [9.17, 15) is 19.6 Å². The molecule has 3 fully saturated rings. The maximum Gasteiger partial charge on any atom is 0.408 e. The van der Waals surface area contributed by atoms with E-state index in [1.54, 1.807) is 12.1 Å². The fourth-order valence-corrected chi connectivity index (χ4v) is 5.05. The van der Waals surface area contributed by atoms with Crippen LogP contribution < -0.4 is 16.0 Å². The molecule has 2 saturated carbocycles. The summed E-state index contributed by atoms with van der Waals surface area (Å²) in [5.41, 5.74) is -0.273. The van der Waals surface area contributed by atoms with Gasteiger partial charge in [-0.3, -0.25) is 9.59 Å². The van der Waals surface area contributed by atoms with Gasteiger partial charge in [0.05, 0.1) is 6.07 Å². The summed E-state index contributed by atoms with van der Waals surface area (Å²) in [6.07, 6.45) is 3.90. The van der Waals surface area contributed by atoms with Gasteiger partial charge in [0.1, 0.15) is 17.7 Å². The SMILES string of the molecule is CC(C)(C)C[C@H](NC(=O)OC1(c2cccc(Cl)c2)CC1)C(=O)N[C@H](C#N)C[C@@H]1CC2(CC2)NC1=O. The van der Waals surface area contributed by atoms with Gasteiger partial charge in [0, 0.05) is 16.5 Å². The summed E-state index contributed by atoms with van der Waals surface area (Å²) in [5.74, 6) is -0.815. The maximum absolute atomic E-state index is 13.2. The Balaban J connectivity index is 1.38. The molecule has 0 aromatic heterocycles. The predicted octanol–water partition coefficient (Wildman–Crippen LogP) is 3.93. The fraction of sp³-hybridized carbons (Fsp3) is 0.615. The van der Waals surface area contributed by atoms with Crippen LogP contribution in [0.2, 0.25) is 5.02 Å². The average Bonchev–Trinajstić information content (AvgIpc) is 3.67. The molecule has 188 valence electrons. The molecule has 8 nitrogen and oxygen atoms in total. The zero-order valence-electron chi connectivity index (χ0n) is 20.4. The first-order valence-electron chi connectivity index (χ1n) is 12.2. The summed E-state index contributed by atoms with van der Waals surface area (Å²) in [5, 5.41) is 18.7. The Labute approximate surface area is 211 Å². The van der Waals surface area contributed by atoms with Gasteiger partial charge in [0.15, 0.2) is 0 Å². The van der Waals surface area contributed by atoms with E-state index in [1.807, 2.05) is 32.9 Å². The highest BCUT2D eigenvalue weighted by Gasteiger charge is 2.52. The first-order valence-corrected chi connectivity index (χ1v) is 12.6. The van der Waals surface area contributed by atoms with Gasteiger partial charge < -0.3 is 20.7 Å².